The molecule has 84 valence electrons. The highest BCUT2D eigenvalue weighted by Gasteiger charge is 2.61. The van der Waals surface area contributed by atoms with Crippen molar-refractivity contribution in [1.29, 1.82) is 0 Å². The Bertz CT molecular complexity index is 229. The highest BCUT2D eigenvalue weighted by molar-refractivity contribution is 5.78. The van der Waals surface area contributed by atoms with E-state index in [0.717, 1.165) is 0 Å². The summed E-state index contributed by atoms with van der Waals surface area (Å²) in [6.07, 6.45) is -6.04. The van der Waals surface area contributed by atoms with Gasteiger partial charge in [-0.1, -0.05) is 20.8 Å². The molecule has 0 aromatic heterocycles. The topological polar surface area (TPSA) is 57.5 Å². The fraction of sp³-hybridized carbons (Fsp3) is 0.875. The molecule has 0 aromatic carbocycles. The first kappa shape index (κ1) is 13.2. The fourth-order valence-electron chi connectivity index (χ4n) is 1.06. The van der Waals surface area contributed by atoms with Crippen LogP contribution in [0, 0.1) is 5.41 Å². The van der Waals surface area contributed by atoms with Crippen LogP contribution >= 0.6 is 0 Å². The Hall–Kier alpha value is -0.780. The van der Waals surface area contributed by atoms with E-state index in [1.165, 1.54) is 20.8 Å². The van der Waals surface area contributed by atoms with Crippen molar-refractivity contribution >= 4 is 5.97 Å². The lowest BCUT2D eigenvalue weighted by molar-refractivity contribution is -0.267. The highest BCUT2D eigenvalue weighted by Crippen LogP contribution is 2.39. The number of alkyl halides is 3. The van der Waals surface area contributed by atoms with Gasteiger partial charge < -0.3 is 10.2 Å². The summed E-state index contributed by atoms with van der Waals surface area (Å²) in [6, 6.07) is 0. The molecule has 0 aromatic rings. The van der Waals surface area contributed by atoms with Gasteiger partial charge in [-0.05, 0) is 5.41 Å². The van der Waals surface area contributed by atoms with Crippen molar-refractivity contribution in [3.63, 3.8) is 0 Å². The predicted molar refractivity (Wildman–Crippen MR) is 42.7 cm³/mol. The Morgan fingerprint density at radius 3 is 1.64 bits per heavy atom. The summed E-state index contributed by atoms with van der Waals surface area (Å²) >= 11 is 0. The molecule has 0 radical (unpaired) electrons. The van der Waals surface area contributed by atoms with Gasteiger partial charge in [0.15, 0.2) is 0 Å². The lowest BCUT2D eigenvalue weighted by atomic mass is 9.81. The molecule has 0 aliphatic rings. The second-order valence-corrected chi connectivity index (χ2v) is 4.40. The third kappa shape index (κ3) is 2.87. The van der Waals surface area contributed by atoms with Gasteiger partial charge >= 0.3 is 12.1 Å². The molecule has 0 aliphatic carbocycles. The minimum Gasteiger partial charge on any atom is -0.479 e. The van der Waals surface area contributed by atoms with Gasteiger partial charge in [-0.3, -0.25) is 0 Å². The average Bonchev–Trinajstić information content (AvgIpc) is 1.79. The van der Waals surface area contributed by atoms with Crippen LogP contribution in [0.5, 0.6) is 0 Å². The minimum atomic E-state index is -5.16. The molecular formula is C8H13F3O3. The Labute approximate surface area is 79.5 Å². The molecule has 0 saturated heterocycles. The van der Waals surface area contributed by atoms with Crippen molar-refractivity contribution in [2.75, 3.05) is 0 Å². The van der Waals surface area contributed by atoms with Crippen LogP contribution in [-0.4, -0.2) is 28.0 Å². The van der Waals surface area contributed by atoms with Gasteiger partial charge in [-0.25, -0.2) is 4.79 Å². The Balaban J connectivity index is 5.04. The number of rotatable bonds is 2. The predicted octanol–water partition coefficient (Wildman–Crippen LogP) is 1.80. The smallest absolute Gasteiger partial charge is 0.428 e. The first-order valence-electron chi connectivity index (χ1n) is 3.93. The van der Waals surface area contributed by atoms with Crippen LogP contribution in [0.2, 0.25) is 0 Å². The quantitative estimate of drug-likeness (QED) is 0.736. The maximum absolute atomic E-state index is 12.3. The van der Waals surface area contributed by atoms with E-state index >= 15 is 0 Å². The largest absolute Gasteiger partial charge is 0.479 e. The van der Waals surface area contributed by atoms with Crippen LogP contribution in [0.3, 0.4) is 0 Å². The summed E-state index contributed by atoms with van der Waals surface area (Å²) in [6.45, 7) is 4.27. The zero-order valence-electron chi connectivity index (χ0n) is 8.14. The van der Waals surface area contributed by atoms with E-state index in [1.54, 1.807) is 0 Å². The van der Waals surface area contributed by atoms with E-state index in [4.69, 9.17) is 10.2 Å². The van der Waals surface area contributed by atoms with Crippen molar-refractivity contribution in [2.45, 2.75) is 39.0 Å². The zero-order chi connectivity index (χ0) is 11.8. The first-order chi connectivity index (χ1) is 5.90. The SMILES string of the molecule is CC(C)(C)CC(O)(C(=O)O)C(F)(F)F. The molecule has 0 aliphatic heterocycles. The molecule has 0 rings (SSSR count). The highest BCUT2D eigenvalue weighted by atomic mass is 19.4. The molecule has 1 atom stereocenters. The first-order valence-corrected chi connectivity index (χ1v) is 3.93. The number of aliphatic carboxylic acids is 1. The molecule has 6 heteroatoms. The normalized spacial score (nSPS) is 17.6. The van der Waals surface area contributed by atoms with Crippen LogP contribution < -0.4 is 0 Å². The van der Waals surface area contributed by atoms with Crippen LogP contribution in [-0.2, 0) is 4.79 Å². The van der Waals surface area contributed by atoms with Crippen LogP contribution in [0.1, 0.15) is 27.2 Å². The van der Waals surface area contributed by atoms with Crippen molar-refractivity contribution in [1.82, 2.24) is 0 Å². The number of aliphatic hydroxyl groups is 1. The lowest BCUT2D eigenvalue weighted by Gasteiger charge is -2.32. The fourth-order valence-corrected chi connectivity index (χ4v) is 1.06. The Kier molecular flexibility index (Phi) is 3.23. The molecule has 0 heterocycles. The third-order valence-electron chi connectivity index (χ3n) is 1.61. The lowest BCUT2D eigenvalue weighted by Crippen LogP contribution is -2.54. The number of hydrogen-bond acceptors (Lipinski definition) is 2. The number of carbonyl (C=O) groups is 1. The van der Waals surface area contributed by atoms with E-state index < -0.39 is 29.6 Å². The summed E-state index contributed by atoms with van der Waals surface area (Å²) < 4.78 is 36.8. The van der Waals surface area contributed by atoms with E-state index in [1.807, 2.05) is 0 Å². The molecule has 0 spiro atoms. The minimum absolute atomic E-state index is 0.876. The second-order valence-electron chi connectivity index (χ2n) is 4.40. The Morgan fingerprint density at radius 2 is 1.57 bits per heavy atom. The number of halogens is 3. The van der Waals surface area contributed by atoms with Gasteiger partial charge in [0.2, 0.25) is 0 Å². The van der Waals surface area contributed by atoms with Gasteiger partial charge in [0.05, 0.1) is 0 Å². The molecule has 1 unspecified atom stereocenters. The molecule has 2 N–H and O–H groups in total. The van der Waals surface area contributed by atoms with Gasteiger partial charge in [-0.15, -0.1) is 0 Å². The van der Waals surface area contributed by atoms with E-state index in [-0.39, 0.29) is 0 Å². The molecule has 0 fully saturated rings. The van der Waals surface area contributed by atoms with E-state index in [9.17, 15) is 18.0 Å². The molecule has 3 nitrogen and oxygen atoms in total. The Morgan fingerprint density at radius 1 is 1.21 bits per heavy atom. The van der Waals surface area contributed by atoms with Gasteiger partial charge in [0.1, 0.15) is 0 Å². The maximum atomic E-state index is 12.3. The molecule has 14 heavy (non-hydrogen) atoms. The summed E-state index contributed by atoms with van der Waals surface area (Å²) in [5.74, 6) is -2.26. The monoisotopic (exact) mass is 214 g/mol. The van der Waals surface area contributed by atoms with Gasteiger partial charge in [0, 0.05) is 6.42 Å². The summed E-state index contributed by atoms with van der Waals surface area (Å²) in [5, 5.41) is 17.4. The molecule has 0 amide bonds. The van der Waals surface area contributed by atoms with E-state index in [0.29, 0.717) is 0 Å². The van der Waals surface area contributed by atoms with E-state index in [2.05, 4.69) is 0 Å². The van der Waals surface area contributed by atoms with Crippen molar-refractivity contribution in [3.05, 3.63) is 0 Å². The van der Waals surface area contributed by atoms with Gasteiger partial charge in [-0.2, -0.15) is 13.2 Å². The van der Waals surface area contributed by atoms with Crippen LogP contribution in [0.4, 0.5) is 13.2 Å². The summed E-state index contributed by atoms with van der Waals surface area (Å²) in [4.78, 5) is 10.4. The van der Waals surface area contributed by atoms with Crippen LogP contribution in [0.25, 0.3) is 0 Å². The third-order valence-corrected chi connectivity index (χ3v) is 1.61. The molecule has 0 bridgehead atoms. The molecule has 0 saturated carbocycles. The molecular weight excluding hydrogens is 201 g/mol. The van der Waals surface area contributed by atoms with Crippen molar-refractivity contribution < 1.29 is 28.2 Å². The number of hydrogen-bond donors (Lipinski definition) is 2. The second kappa shape index (κ2) is 3.42. The van der Waals surface area contributed by atoms with Crippen molar-refractivity contribution in [2.24, 2.45) is 5.41 Å². The summed E-state index contributed by atoms with van der Waals surface area (Å²) in [7, 11) is 0. The number of carboxylic acid groups (broad SMARTS) is 1. The zero-order valence-corrected chi connectivity index (χ0v) is 8.14. The van der Waals surface area contributed by atoms with Crippen molar-refractivity contribution in [3.8, 4) is 0 Å². The van der Waals surface area contributed by atoms with Gasteiger partial charge in [0.25, 0.3) is 5.60 Å². The summed E-state index contributed by atoms with van der Waals surface area (Å²) in [5.41, 5.74) is -4.59. The standard InChI is InChI=1S/C8H13F3O3/c1-6(2,3)4-7(14,5(12)13)8(9,10)11/h14H,4H2,1-3H3,(H,12,13). The average molecular weight is 214 g/mol. The maximum Gasteiger partial charge on any atom is 0.428 e. The number of carboxylic acids is 1. The van der Waals surface area contributed by atoms with Crippen LogP contribution in [0.15, 0.2) is 0 Å².